The summed E-state index contributed by atoms with van der Waals surface area (Å²) in [6.07, 6.45) is 1.38. The minimum atomic E-state index is -3.86. The monoisotopic (exact) mass is 533 g/mol. The van der Waals surface area contributed by atoms with Crippen LogP contribution in [0, 0.1) is 0 Å². The van der Waals surface area contributed by atoms with Crippen LogP contribution in [-0.2, 0) is 26.2 Å². The number of anilines is 1. The third kappa shape index (κ3) is 7.28. The van der Waals surface area contributed by atoms with Gasteiger partial charge in [-0.2, -0.15) is 0 Å². The molecule has 11 heteroatoms. The van der Waals surface area contributed by atoms with Crippen molar-refractivity contribution in [1.82, 2.24) is 10.2 Å². The zero-order valence-electron chi connectivity index (χ0n) is 21.9. The Morgan fingerprint density at radius 3 is 2.41 bits per heavy atom. The molecule has 1 atom stereocenters. The van der Waals surface area contributed by atoms with E-state index in [4.69, 9.17) is 14.2 Å². The molecule has 0 spiro atoms. The van der Waals surface area contributed by atoms with E-state index in [0.29, 0.717) is 36.9 Å². The molecule has 2 aromatic rings. The lowest BCUT2D eigenvalue weighted by molar-refractivity contribution is -0.140. The molecule has 0 saturated carbocycles. The van der Waals surface area contributed by atoms with Crippen molar-refractivity contribution in [3.63, 3.8) is 0 Å². The van der Waals surface area contributed by atoms with Crippen LogP contribution in [0.25, 0.3) is 0 Å². The van der Waals surface area contributed by atoms with Crippen LogP contribution in [0.4, 0.5) is 5.69 Å². The summed E-state index contributed by atoms with van der Waals surface area (Å²) < 4.78 is 43.1. The predicted molar refractivity (Wildman–Crippen MR) is 141 cm³/mol. The van der Waals surface area contributed by atoms with Crippen LogP contribution in [0.15, 0.2) is 42.5 Å². The maximum Gasteiger partial charge on any atom is 0.244 e. The first-order valence-electron chi connectivity index (χ1n) is 12.1. The summed E-state index contributed by atoms with van der Waals surface area (Å²) in [7, 11) is -2.31. The van der Waals surface area contributed by atoms with Gasteiger partial charge in [-0.1, -0.05) is 19.1 Å². The Hall–Kier alpha value is -3.47. The van der Waals surface area contributed by atoms with Gasteiger partial charge >= 0.3 is 0 Å². The normalized spacial score (nSPS) is 13.6. The number of fused-ring (bicyclic) bond motifs is 1. The number of nitrogens with one attached hydrogen (secondary N) is 1. The molecule has 0 saturated heterocycles. The zero-order valence-corrected chi connectivity index (χ0v) is 22.7. The highest BCUT2D eigenvalue weighted by Crippen LogP contribution is 2.34. The van der Waals surface area contributed by atoms with Crippen molar-refractivity contribution in [3.05, 3.63) is 48.0 Å². The Morgan fingerprint density at radius 2 is 1.78 bits per heavy atom. The Balaban J connectivity index is 1.96. The number of benzene rings is 2. The zero-order chi connectivity index (χ0) is 27.2. The summed E-state index contributed by atoms with van der Waals surface area (Å²) in [4.78, 5) is 28.2. The molecule has 3 rings (SSSR count). The van der Waals surface area contributed by atoms with Crippen LogP contribution < -0.4 is 23.8 Å². The van der Waals surface area contributed by atoms with E-state index in [1.54, 1.807) is 37.4 Å². The molecule has 1 heterocycles. The van der Waals surface area contributed by atoms with Gasteiger partial charge in [0, 0.05) is 18.7 Å². The molecule has 37 heavy (non-hydrogen) atoms. The molecule has 1 aliphatic rings. The molecule has 0 unspecified atom stereocenters. The topological polar surface area (TPSA) is 114 Å². The lowest BCUT2D eigenvalue weighted by atomic mass is 10.1. The average Bonchev–Trinajstić information content (AvgIpc) is 2.85. The maximum absolute atomic E-state index is 13.8. The molecule has 202 valence electrons. The van der Waals surface area contributed by atoms with Gasteiger partial charge in [0.15, 0.2) is 11.5 Å². The third-order valence-corrected chi connectivity index (χ3v) is 6.94. The summed E-state index contributed by atoms with van der Waals surface area (Å²) >= 11 is 0. The predicted octanol–water partition coefficient (Wildman–Crippen LogP) is 2.56. The number of hydrogen-bond donors (Lipinski definition) is 1. The van der Waals surface area contributed by atoms with Crippen LogP contribution in [0.2, 0.25) is 0 Å². The van der Waals surface area contributed by atoms with E-state index in [0.717, 1.165) is 16.1 Å². The highest BCUT2D eigenvalue weighted by molar-refractivity contribution is 7.92. The second-order valence-electron chi connectivity index (χ2n) is 9.06. The molecule has 0 aliphatic carbocycles. The fraction of sp³-hybridized carbons (Fsp3) is 0.462. The fourth-order valence-corrected chi connectivity index (χ4v) is 4.91. The van der Waals surface area contributed by atoms with Crippen molar-refractivity contribution in [3.8, 4) is 17.2 Å². The van der Waals surface area contributed by atoms with Crippen molar-refractivity contribution in [2.45, 2.75) is 45.8 Å². The van der Waals surface area contributed by atoms with Crippen LogP contribution in [0.3, 0.4) is 0 Å². The molecule has 0 aromatic heterocycles. The molecule has 1 N–H and O–H groups in total. The highest BCUT2D eigenvalue weighted by Gasteiger charge is 2.32. The number of rotatable bonds is 11. The van der Waals surface area contributed by atoms with E-state index in [-0.39, 0.29) is 24.2 Å². The van der Waals surface area contributed by atoms with E-state index < -0.39 is 28.5 Å². The summed E-state index contributed by atoms with van der Waals surface area (Å²) in [6.45, 7) is 5.83. The average molecular weight is 534 g/mol. The largest absolute Gasteiger partial charge is 0.497 e. The SMILES string of the molecule is CC[C@@H](C(=O)NC(C)C)N(Cc1cccc(OC)c1)C(=O)CN(c1ccc2c(c1)OCCO2)S(C)(=O)=O. The van der Waals surface area contributed by atoms with E-state index in [1.807, 2.05) is 26.8 Å². The standard InChI is InChI=1S/C26H35N3O7S/c1-6-22(26(31)27-18(2)3)28(16-19-8-7-9-21(14-19)34-4)25(30)17-29(37(5,32)33)20-10-11-23-24(15-20)36-13-12-35-23/h7-11,14-15,18,22H,6,12-13,16-17H2,1-5H3,(H,27,31)/t22-/m0/s1. The Morgan fingerprint density at radius 1 is 1.08 bits per heavy atom. The maximum atomic E-state index is 13.8. The summed E-state index contributed by atoms with van der Waals surface area (Å²) in [5.41, 5.74) is 1.01. The minimum absolute atomic E-state index is 0.0960. The fourth-order valence-electron chi connectivity index (χ4n) is 4.07. The number of methoxy groups -OCH3 is 1. The number of carbonyl (C=O) groups is 2. The molecular formula is C26H35N3O7S. The van der Waals surface area contributed by atoms with Gasteiger partial charge in [0.2, 0.25) is 21.8 Å². The number of carbonyl (C=O) groups excluding carboxylic acids is 2. The first-order valence-corrected chi connectivity index (χ1v) is 14.0. The Labute approximate surface area is 218 Å². The second kappa shape index (κ2) is 12.2. The highest BCUT2D eigenvalue weighted by atomic mass is 32.2. The van der Waals surface area contributed by atoms with Crippen molar-refractivity contribution in [2.75, 3.05) is 37.4 Å². The summed E-state index contributed by atoms with van der Waals surface area (Å²) in [5, 5.41) is 2.87. The third-order valence-electron chi connectivity index (χ3n) is 5.80. The number of nitrogens with zero attached hydrogens (tertiary/aromatic N) is 2. The van der Waals surface area contributed by atoms with Crippen LogP contribution in [-0.4, -0.2) is 70.3 Å². The van der Waals surface area contributed by atoms with Crippen molar-refractivity contribution in [2.24, 2.45) is 0 Å². The lowest BCUT2D eigenvalue weighted by Crippen LogP contribution is -2.53. The summed E-state index contributed by atoms with van der Waals surface area (Å²) in [6, 6.07) is 11.0. The van der Waals surface area contributed by atoms with E-state index in [9.17, 15) is 18.0 Å². The van der Waals surface area contributed by atoms with Gasteiger partial charge in [-0.3, -0.25) is 13.9 Å². The molecule has 1 aliphatic heterocycles. The van der Waals surface area contributed by atoms with E-state index >= 15 is 0 Å². The van der Waals surface area contributed by atoms with Gasteiger partial charge in [0.25, 0.3) is 0 Å². The first-order chi connectivity index (χ1) is 17.5. The van der Waals surface area contributed by atoms with Crippen molar-refractivity contribution in [1.29, 1.82) is 0 Å². The molecular weight excluding hydrogens is 498 g/mol. The molecule has 2 amide bonds. The van der Waals surface area contributed by atoms with Crippen molar-refractivity contribution < 1.29 is 32.2 Å². The number of hydrogen-bond acceptors (Lipinski definition) is 7. The molecule has 0 fully saturated rings. The number of ether oxygens (including phenoxy) is 3. The molecule has 0 radical (unpaired) electrons. The van der Waals surface area contributed by atoms with Gasteiger partial charge in [-0.25, -0.2) is 8.42 Å². The first kappa shape index (κ1) is 28.1. The quantitative estimate of drug-likeness (QED) is 0.472. The van der Waals surface area contributed by atoms with E-state index in [1.165, 1.54) is 11.0 Å². The van der Waals surface area contributed by atoms with Crippen LogP contribution in [0.5, 0.6) is 17.2 Å². The smallest absolute Gasteiger partial charge is 0.244 e. The van der Waals surface area contributed by atoms with Crippen molar-refractivity contribution >= 4 is 27.5 Å². The summed E-state index contributed by atoms with van der Waals surface area (Å²) in [5.74, 6) is 0.693. The van der Waals surface area contributed by atoms with Gasteiger partial charge in [-0.15, -0.1) is 0 Å². The van der Waals surface area contributed by atoms with Crippen LogP contribution >= 0.6 is 0 Å². The van der Waals surface area contributed by atoms with Gasteiger partial charge < -0.3 is 24.4 Å². The minimum Gasteiger partial charge on any atom is -0.497 e. The lowest BCUT2D eigenvalue weighted by Gasteiger charge is -2.33. The second-order valence-corrected chi connectivity index (χ2v) is 11.0. The van der Waals surface area contributed by atoms with Gasteiger partial charge in [0.1, 0.15) is 31.5 Å². The molecule has 2 aromatic carbocycles. The Kier molecular flexibility index (Phi) is 9.25. The Bertz CT molecular complexity index is 1220. The van der Waals surface area contributed by atoms with Gasteiger partial charge in [-0.05, 0) is 50.1 Å². The molecule has 0 bridgehead atoms. The number of amides is 2. The van der Waals surface area contributed by atoms with Crippen LogP contribution in [0.1, 0.15) is 32.8 Å². The van der Waals surface area contributed by atoms with E-state index in [2.05, 4.69) is 5.32 Å². The number of sulfonamides is 1. The van der Waals surface area contributed by atoms with Gasteiger partial charge in [0.05, 0.1) is 19.1 Å². The molecule has 10 nitrogen and oxygen atoms in total.